The molecule has 0 fully saturated rings. The second-order valence-corrected chi connectivity index (χ2v) is 9.81. The molecule has 0 saturated heterocycles. The minimum atomic E-state index is -0.384. The molecule has 154 valence electrons. The molecule has 0 saturated carbocycles. The van der Waals surface area contributed by atoms with Gasteiger partial charge in [-0.05, 0) is 64.1 Å². The minimum Gasteiger partial charge on any atom is -0.449 e. The lowest BCUT2D eigenvalue weighted by atomic mass is 10.0. The number of aromatic nitrogens is 1. The Bertz CT molecular complexity index is 542. The highest BCUT2D eigenvalue weighted by molar-refractivity contribution is 8.76. The third-order valence-corrected chi connectivity index (χ3v) is 6.34. The van der Waals surface area contributed by atoms with Crippen molar-refractivity contribution < 1.29 is 14.3 Å². The van der Waals surface area contributed by atoms with E-state index in [9.17, 15) is 4.79 Å². The van der Waals surface area contributed by atoms with Crippen molar-refractivity contribution in [3.05, 3.63) is 24.4 Å². The summed E-state index contributed by atoms with van der Waals surface area (Å²) < 4.78 is 11.2. The smallest absolute Gasteiger partial charge is 0.407 e. The SMILES string of the molecule is CNC(C)(C)CCOC(C)(C)CCOC(=O)NCCSSc1ccccn1. The molecule has 1 aromatic heterocycles. The van der Waals surface area contributed by atoms with Gasteiger partial charge in [-0.2, -0.15) is 0 Å². The van der Waals surface area contributed by atoms with Crippen LogP contribution >= 0.6 is 21.6 Å². The molecule has 0 aliphatic carbocycles. The number of pyridine rings is 1. The highest BCUT2D eigenvalue weighted by Crippen LogP contribution is 2.28. The van der Waals surface area contributed by atoms with E-state index in [1.807, 2.05) is 39.1 Å². The van der Waals surface area contributed by atoms with Crippen LogP contribution in [0.5, 0.6) is 0 Å². The fourth-order valence-electron chi connectivity index (χ4n) is 1.91. The predicted molar refractivity (Wildman–Crippen MR) is 114 cm³/mol. The Morgan fingerprint density at radius 1 is 1.19 bits per heavy atom. The van der Waals surface area contributed by atoms with Crippen molar-refractivity contribution in [2.75, 3.05) is 32.6 Å². The lowest BCUT2D eigenvalue weighted by Gasteiger charge is -2.29. The number of amides is 1. The first-order chi connectivity index (χ1) is 12.7. The highest BCUT2D eigenvalue weighted by atomic mass is 33.1. The quantitative estimate of drug-likeness (QED) is 0.371. The molecule has 0 bridgehead atoms. The Balaban J connectivity index is 2.06. The van der Waals surface area contributed by atoms with E-state index in [0.717, 1.165) is 17.2 Å². The summed E-state index contributed by atoms with van der Waals surface area (Å²) >= 11 is 0. The zero-order valence-corrected chi connectivity index (χ0v) is 18.7. The molecule has 27 heavy (non-hydrogen) atoms. The van der Waals surface area contributed by atoms with Crippen molar-refractivity contribution in [1.29, 1.82) is 0 Å². The molecule has 8 heteroatoms. The van der Waals surface area contributed by atoms with Crippen molar-refractivity contribution in [3.8, 4) is 0 Å². The molecule has 2 N–H and O–H groups in total. The fourth-order valence-corrected chi connectivity index (χ4v) is 3.70. The molecule has 1 heterocycles. The largest absolute Gasteiger partial charge is 0.449 e. The van der Waals surface area contributed by atoms with E-state index in [2.05, 4.69) is 29.5 Å². The van der Waals surface area contributed by atoms with Crippen LogP contribution in [0, 0.1) is 0 Å². The Hall–Kier alpha value is -0.960. The van der Waals surface area contributed by atoms with Crippen LogP contribution in [-0.4, -0.2) is 54.8 Å². The maximum Gasteiger partial charge on any atom is 0.407 e. The molecule has 0 aliphatic heterocycles. The molecule has 6 nitrogen and oxygen atoms in total. The summed E-state index contributed by atoms with van der Waals surface area (Å²) in [7, 11) is 5.20. The molecule has 0 unspecified atom stereocenters. The molecule has 1 aromatic rings. The topological polar surface area (TPSA) is 72.5 Å². The van der Waals surface area contributed by atoms with Gasteiger partial charge in [0.05, 0.1) is 12.2 Å². The first-order valence-corrected chi connectivity index (χ1v) is 11.5. The van der Waals surface area contributed by atoms with Crippen molar-refractivity contribution in [1.82, 2.24) is 15.6 Å². The van der Waals surface area contributed by atoms with Crippen molar-refractivity contribution >= 4 is 27.7 Å². The van der Waals surface area contributed by atoms with Crippen LogP contribution in [0.15, 0.2) is 29.4 Å². The van der Waals surface area contributed by atoms with Crippen LogP contribution in [0.2, 0.25) is 0 Å². The first kappa shape index (κ1) is 24.1. The molecule has 0 radical (unpaired) electrons. The van der Waals surface area contributed by atoms with E-state index in [-0.39, 0.29) is 17.2 Å². The second-order valence-electron chi connectivity index (χ2n) is 7.38. The van der Waals surface area contributed by atoms with Crippen LogP contribution < -0.4 is 10.6 Å². The van der Waals surface area contributed by atoms with Crippen molar-refractivity contribution in [2.24, 2.45) is 0 Å². The molecule has 0 spiro atoms. The van der Waals surface area contributed by atoms with Gasteiger partial charge in [-0.25, -0.2) is 9.78 Å². The van der Waals surface area contributed by atoms with Gasteiger partial charge >= 0.3 is 6.09 Å². The number of nitrogens with one attached hydrogen (secondary N) is 2. The molecule has 0 aliphatic rings. The highest BCUT2D eigenvalue weighted by Gasteiger charge is 2.21. The summed E-state index contributed by atoms with van der Waals surface area (Å²) in [6.07, 6.45) is 2.96. The monoisotopic (exact) mass is 415 g/mol. The van der Waals surface area contributed by atoms with Crippen LogP contribution in [0.25, 0.3) is 0 Å². The third-order valence-electron chi connectivity index (χ3n) is 4.07. The third kappa shape index (κ3) is 12.2. The van der Waals surface area contributed by atoms with E-state index in [1.54, 1.807) is 27.8 Å². The zero-order valence-electron chi connectivity index (χ0n) is 17.0. The summed E-state index contributed by atoms with van der Waals surface area (Å²) in [5, 5.41) is 6.98. The van der Waals surface area contributed by atoms with E-state index in [4.69, 9.17) is 9.47 Å². The van der Waals surface area contributed by atoms with E-state index in [0.29, 0.717) is 26.2 Å². The molecule has 1 rings (SSSR count). The lowest BCUT2D eigenvalue weighted by Crippen LogP contribution is -2.38. The number of carbonyl (C=O) groups is 1. The maximum atomic E-state index is 11.7. The van der Waals surface area contributed by atoms with E-state index in [1.165, 1.54) is 0 Å². The average molecular weight is 416 g/mol. The van der Waals surface area contributed by atoms with E-state index >= 15 is 0 Å². The lowest BCUT2D eigenvalue weighted by molar-refractivity contribution is -0.0400. The van der Waals surface area contributed by atoms with Crippen molar-refractivity contribution in [2.45, 2.75) is 56.7 Å². The van der Waals surface area contributed by atoms with Gasteiger partial charge in [0.1, 0.15) is 5.03 Å². The van der Waals surface area contributed by atoms with Gasteiger partial charge in [0.2, 0.25) is 0 Å². The van der Waals surface area contributed by atoms with Crippen LogP contribution in [0.1, 0.15) is 40.5 Å². The maximum absolute atomic E-state index is 11.7. The Morgan fingerprint density at radius 2 is 1.96 bits per heavy atom. The summed E-state index contributed by atoms with van der Waals surface area (Å²) in [5.74, 6) is 0.784. The number of alkyl carbamates (subject to hydrolysis) is 1. The van der Waals surface area contributed by atoms with Gasteiger partial charge in [0.15, 0.2) is 0 Å². The van der Waals surface area contributed by atoms with Crippen LogP contribution in [0.3, 0.4) is 0 Å². The first-order valence-electron chi connectivity index (χ1n) is 9.18. The normalized spacial score (nSPS) is 12.0. The standard InChI is InChI=1S/C19H33N3O3S2/c1-18(2,20-5)9-14-25-19(3,4)10-13-24-17(23)22-12-15-26-27-16-8-6-7-11-21-16/h6-8,11,20H,9-10,12-15H2,1-5H3,(H,22,23). The Morgan fingerprint density at radius 3 is 2.63 bits per heavy atom. The summed E-state index contributed by atoms with van der Waals surface area (Å²) in [6, 6.07) is 5.81. The van der Waals surface area contributed by atoms with Gasteiger partial charge < -0.3 is 20.1 Å². The fraction of sp³-hybridized carbons (Fsp3) is 0.684. The van der Waals surface area contributed by atoms with Gasteiger partial charge in [-0.1, -0.05) is 16.9 Å². The second kappa shape index (κ2) is 12.5. The molecule has 0 aromatic carbocycles. The predicted octanol–water partition coefficient (Wildman–Crippen LogP) is 4.12. The van der Waals surface area contributed by atoms with E-state index < -0.39 is 0 Å². The average Bonchev–Trinajstić information content (AvgIpc) is 2.62. The van der Waals surface area contributed by atoms with Crippen LogP contribution in [-0.2, 0) is 9.47 Å². The van der Waals surface area contributed by atoms with Gasteiger partial charge in [0, 0.05) is 37.1 Å². The summed E-state index contributed by atoms with van der Waals surface area (Å²) in [5.41, 5.74) is -0.265. The Labute approximate surface area is 171 Å². The number of ether oxygens (including phenoxy) is 2. The number of carbonyl (C=O) groups excluding carboxylic acids is 1. The van der Waals surface area contributed by atoms with Gasteiger partial charge in [-0.3, -0.25) is 0 Å². The Kier molecular flexibility index (Phi) is 11.1. The molecule has 0 atom stereocenters. The summed E-state index contributed by atoms with van der Waals surface area (Å²) in [6.45, 7) is 9.89. The summed E-state index contributed by atoms with van der Waals surface area (Å²) in [4.78, 5) is 16.0. The van der Waals surface area contributed by atoms with Gasteiger partial charge in [0.25, 0.3) is 0 Å². The van der Waals surface area contributed by atoms with Gasteiger partial charge in [-0.15, -0.1) is 0 Å². The molecular weight excluding hydrogens is 382 g/mol. The zero-order chi connectivity index (χ0) is 20.2. The van der Waals surface area contributed by atoms with Crippen molar-refractivity contribution in [3.63, 3.8) is 0 Å². The minimum absolute atomic E-state index is 0.0549. The number of rotatable bonds is 13. The molecule has 1 amide bonds. The van der Waals surface area contributed by atoms with Crippen LogP contribution in [0.4, 0.5) is 4.79 Å². The number of hydrogen-bond acceptors (Lipinski definition) is 7. The number of hydrogen-bond donors (Lipinski definition) is 2. The number of nitrogens with zero attached hydrogens (tertiary/aromatic N) is 1. The molecular formula is C19H33N3O3S2.